The van der Waals surface area contributed by atoms with Crippen LogP contribution in [0.5, 0.6) is 0 Å². The van der Waals surface area contributed by atoms with Crippen LogP contribution < -0.4 is 11.1 Å². The van der Waals surface area contributed by atoms with Gasteiger partial charge in [-0.15, -0.1) is 0 Å². The molecule has 0 spiro atoms. The number of likely N-dealkylation sites (tertiary alicyclic amines) is 1. The number of carbonyl (C=O) groups excluding carboxylic acids is 2. The van der Waals surface area contributed by atoms with Gasteiger partial charge in [-0.05, 0) is 26.9 Å². The van der Waals surface area contributed by atoms with Crippen molar-refractivity contribution < 1.29 is 9.59 Å². The Balaban J connectivity index is 2.36. The summed E-state index contributed by atoms with van der Waals surface area (Å²) in [6, 6.07) is -0.557. The van der Waals surface area contributed by atoms with Gasteiger partial charge in [-0.2, -0.15) is 0 Å². The molecule has 6 nitrogen and oxygen atoms in total. The summed E-state index contributed by atoms with van der Waals surface area (Å²) in [5, 5.41) is 3.04. The van der Waals surface area contributed by atoms with Crippen molar-refractivity contribution in [1.82, 2.24) is 15.1 Å². The van der Waals surface area contributed by atoms with Crippen LogP contribution in [0.2, 0.25) is 0 Å². The van der Waals surface area contributed by atoms with E-state index in [0.29, 0.717) is 6.54 Å². The zero-order chi connectivity index (χ0) is 13.5. The molecule has 3 N–H and O–H groups in total. The van der Waals surface area contributed by atoms with Gasteiger partial charge in [-0.3, -0.25) is 9.59 Å². The summed E-state index contributed by atoms with van der Waals surface area (Å²) >= 11 is 0. The molecule has 1 unspecified atom stereocenters. The molecule has 18 heavy (non-hydrogen) atoms. The maximum absolute atomic E-state index is 11.9. The minimum Gasteiger partial charge on any atom is -0.368 e. The standard InChI is InChI=1S/C12H24N4O2/c1-15(2)8-5-14-10(12(13)18)9-11(17)16-6-3-4-7-16/h10,14H,3-9H2,1-2H3,(H2,13,18). The zero-order valence-electron chi connectivity index (χ0n) is 11.3. The highest BCUT2D eigenvalue weighted by Gasteiger charge is 2.24. The molecule has 0 radical (unpaired) electrons. The Hall–Kier alpha value is -1.14. The Morgan fingerprint density at radius 2 is 1.94 bits per heavy atom. The van der Waals surface area contributed by atoms with Crippen LogP contribution in [-0.4, -0.2) is 67.9 Å². The molecule has 104 valence electrons. The Bertz CT molecular complexity index is 288. The molecule has 0 bridgehead atoms. The average molecular weight is 256 g/mol. The molecule has 1 aliphatic rings. The first kappa shape index (κ1) is 14.9. The molecule has 1 aliphatic heterocycles. The smallest absolute Gasteiger partial charge is 0.235 e. The molecule has 0 saturated carbocycles. The second kappa shape index (κ2) is 7.33. The van der Waals surface area contributed by atoms with Crippen molar-refractivity contribution in [2.75, 3.05) is 40.3 Å². The molecule has 1 saturated heterocycles. The summed E-state index contributed by atoms with van der Waals surface area (Å²) in [5.41, 5.74) is 5.31. The molecule has 1 fully saturated rings. The van der Waals surface area contributed by atoms with Gasteiger partial charge in [0.1, 0.15) is 0 Å². The second-order valence-electron chi connectivity index (χ2n) is 5.00. The average Bonchev–Trinajstić information content (AvgIpc) is 2.80. The minimum absolute atomic E-state index is 0.0219. The van der Waals surface area contributed by atoms with Crippen LogP contribution in [0, 0.1) is 0 Å². The van der Waals surface area contributed by atoms with Gasteiger partial charge in [0.25, 0.3) is 0 Å². The Morgan fingerprint density at radius 3 is 2.44 bits per heavy atom. The zero-order valence-corrected chi connectivity index (χ0v) is 11.3. The topological polar surface area (TPSA) is 78.7 Å². The number of likely N-dealkylation sites (N-methyl/N-ethyl adjacent to an activating group) is 1. The highest BCUT2D eigenvalue weighted by Crippen LogP contribution is 2.09. The van der Waals surface area contributed by atoms with Crippen LogP contribution in [0.1, 0.15) is 19.3 Å². The second-order valence-corrected chi connectivity index (χ2v) is 5.00. The molecule has 1 heterocycles. The number of nitrogens with two attached hydrogens (primary N) is 1. The van der Waals surface area contributed by atoms with Crippen molar-refractivity contribution in [3.8, 4) is 0 Å². The number of amides is 2. The van der Waals surface area contributed by atoms with E-state index in [0.717, 1.165) is 32.5 Å². The molecule has 2 amide bonds. The Morgan fingerprint density at radius 1 is 1.33 bits per heavy atom. The molecular weight excluding hydrogens is 232 g/mol. The summed E-state index contributed by atoms with van der Waals surface area (Å²) in [7, 11) is 3.91. The summed E-state index contributed by atoms with van der Waals surface area (Å²) in [4.78, 5) is 27.0. The first-order chi connectivity index (χ1) is 8.50. The number of rotatable bonds is 7. The summed E-state index contributed by atoms with van der Waals surface area (Å²) in [6.07, 6.45) is 2.28. The monoisotopic (exact) mass is 256 g/mol. The lowest BCUT2D eigenvalue weighted by Crippen LogP contribution is -2.46. The van der Waals surface area contributed by atoms with Gasteiger partial charge in [0, 0.05) is 26.2 Å². The van der Waals surface area contributed by atoms with Crippen molar-refractivity contribution in [2.45, 2.75) is 25.3 Å². The molecule has 1 atom stereocenters. The SMILES string of the molecule is CN(C)CCNC(CC(=O)N1CCCC1)C(N)=O. The van der Waals surface area contributed by atoms with E-state index in [9.17, 15) is 9.59 Å². The van der Waals surface area contributed by atoms with Crippen LogP contribution in [0.3, 0.4) is 0 Å². The van der Waals surface area contributed by atoms with E-state index >= 15 is 0 Å². The van der Waals surface area contributed by atoms with Gasteiger partial charge >= 0.3 is 0 Å². The van der Waals surface area contributed by atoms with Gasteiger partial charge in [0.05, 0.1) is 12.5 Å². The van der Waals surface area contributed by atoms with E-state index in [-0.39, 0.29) is 12.3 Å². The van der Waals surface area contributed by atoms with Gasteiger partial charge in [-0.25, -0.2) is 0 Å². The van der Waals surface area contributed by atoms with Crippen LogP contribution in [-0.2, 0) is 9.59 Å². The van der Waals surface area contributed by atoms with Gasteiger partial charge in [-0.1, -0.05) is 0 Å². The Labute approximate surface area is 108 Å². The highest BCUT2D eigenvalue weighted by molar-refractivity contribution is 5.87. The third-order valence-corrected chi connectivity index (χ3v) is 3.13. The molecule has 0 aliphatic carbocycles. The van der Waals surface area contributed by atoms with E-state index in [1.807, 2.05) is 23.9 Å². The fourth-order valence-electron chi connectivity index (χ4n) is 2.01. The number of nitrogens with one attached hydrogen (secondary N) is 1. The lowest BCUT2D eigenvalue weighted by atomic mass is 10.1. The maximum Gasteiger partial charge on any atom is 0.235 e. The first-order valence-electron chi connectivity index (χ1n) is 6.46. The molecule has 0 aromatic heterocycles. The fourth-order valence-corrected chi connectivity index (χ4v) is 2.01. The predicted molar refractivity (Wildman–Crippen MR) is 70.0 cm³/mol. The number of primary amides is 1. The van der Waals surface area contributed by atoms with Crippen LogP contribution >= 0.6 is 0 Å². The van der Waals surface area contributed by atoms with Crippen LogP contribution in [0.25, 0.3) is 0 Å². The molecule has 0 aromatic rings. The minimum atomic E-state index is -0.557. The van der Waals surface area contributed by atoms with Gasteiger partial charge in [0.2, 0.25) is 11.8 Å². The van der Waals surface area contributed by atoms with E-state index in [1.165, 1.54) is 0 Å². The highest BCUT2D eigenvalue weighted by atomic mass is 16.2. The van der Waals surface area contributed by atoms with E-state index in [4.69, 9.17) is 5.73 Å². The Kier molecular flexibility index (Phi) is 6.07. The maximum atomic E-state index is 11.9. The largest absolute Gasteiger partial charge is 0.368 e. The third kappa shape index (κ3) is 5.01. The number of carbonyl (C=O) groups is 2. The first-order valence-corrected chi connectivity index (χ1v) is 6.46. The van der Waals surface area contributed by atoms with Crippen molar-refractivity contribution in [2.24, 2.45) is 5.73 Å². The van der Waals surface area contributed by atoms with Crippen LogP contribution in [0.15, 0.2) is 0 Å². The number of hydrogen-bond acceptors (Lipinski definition) is 4. The van der Waals surface area contributed by atoms with Crippen LogP contribution in [0.4, 0.5) is 0 Å². The van der Waals surface area contributed by atoms with Crippen molar-refractivity contribution >= 4 is 11.8 Å². The lowest BCUT2D eigenvalue weighted by Gasteiger charge is -2.20. The lowest BCUT2D eigenvalue weighted by molar-refractivity contribution is -0.133. The van der Waals surface area contributed by atoms with Crippen molar-refractivity contribution in [3.05, 3.63) is 0 Å². The summed E-state index contributed by atoms with van der Waals surface area (Å²) in [6.45, 7) is 3.07. The number of nitrogens with zero attached hydrogens (tertiary/aromatic N) is 2. The van der Waals surface area contributed by atoms with Crippen molar-refractivity contribution in [3.63, 3.8) is 0 Å². The van der Waals surface area contributed by atoms with Gasteiger partial charge in [0.15, 0.2) is 0 Å². The fraction of sp³-hybridized carbons (Fsp3) is 0.833. The third-order valence-electron chi connectivity index (χ3n) is 3.13. The summed E-state index contributed by atoms with van der Waals surface area (Å²) in [5.74, 6) is -0.435. The molecule has 0 aromatic carbocycles. The van der Waals surface area contributed by atoms with E-state index < -0.39 is 11.9 Å². The van der Waals surface area contributed by atoms with Gasteiger partial charge < -0.3 is 20.9 Å². The quantitative estimate of drug-likeness (QED) is 0.613. The van der Waals surface area contributed by atoms with Crippen molar-refractivity contribution in [1.29, 1.82) is 0 Å². The normalized spacial score (nSPS) is 17.2. The van der Waals surface area contributed by atoms with E-state index in [1.54, 1.807) is 0 Å². The molecule has 6 heteroatoms. The summed E-state index contributed by atoms with van der Waals surface area (Å²) < 4.78 is 0. The number of hydrogen-bond donors (Lipinski definition) is 2. The van der Waals surface area contributed by atoms with E-state index in [2.05, 4.69) is 5.32 Å². The molecule has 1 rings (SSSR count). The predicted octanol–water partition coefficient (Wildman–Crippen LogP) is -0.996. The molecular formula is C12H24N4O2.